The van der Waals surface area contributed by atoms with E-state index in [0.29, 0.717) is 38.2 Å². The quantitative estimate of drug-likeness (QED) is 0.0663. The first kappa shape index (κ1) is 42.0. The summed E-state index contributed by atoms with van der Waals surface area (Å²) in [5.74, 6) is -1.25. The van der Waals surface area contributed by atoms with E-state index in [9.17, 15) is 19.2 Å². The highest BCUT2D eigenvalue weighted by Gasteiger charge is 2.27. The van der Waals surface area contributed by atoms with Crippen LogP contribution in [0.15, 0.2) is 125 Å². The van der Waals surface area contributed by atoms with Crippen LogP contribution in [0.2, 0.25) is 0 Å². The predicted molar refractivity (Wildman–Crippen MR) is 236 cm³/mol. The lowest BCUT2D eigenvalue weighted by Gasteiger charge is -2.16. The Hall–Kier alpha value is -7.72. The molecule has 3 aromatic heterocycles. The first-order valence-electron chi connectivity index (χ1n) is 19.8. The van der Waals surface area contributed by atoms with Gasteiger partial charge < -0.3 is 54.4 Å². The molecule has 2 unspecified atom stereocenters. The number of rotatable bonds is 14. The van der Waals surface area contributed by atoms with Crippen molar-refractivity contribution in [1.29, 1.82) is 0 Å². The zero-order valence-corrected chi connectivity index (χ0v) is 34.4. The van der Waals surface area contributed by atoms with Crippen molar-refractivity contribution in [1.82, 2.24) is 4.40 Å². The fourth-order valence-electron chi connectivity index (χ4n) is 7.61. The SMILES string of the molecule is COc1cc2c(cc1OC(=O)CN)oc(=O)c1c2c(-c2ccc(OC(=O)C(N)Cc3ccccc3)c(OC)c2)c2c3cc(OC)c(OC(=O)C(N)Cc4ccccc4)cc3ccn21. The first-order valence-corrected chi connectivity index (χ1v) is 19.8. The molecule has 0 fully saturated rings. The molecule has 2 atom stereocenters. The largest absolute Gasteiger partial charge is 0.493 e. The van der Waals surface area contributed by atoms with Gasteiger partial charge in [-0.1, -0.05) is 66.7 Å². The number of methoxy groups -OCH3 is 3. The number of nitrogens with two attached hydrogens (primary N) is 3. The number of esters is 3. The summed E-state index contributed by atoms with van der Waals surface area (Å²) in [5, 5.41) is 2.05. The molecule has 5 aromatic carbocycles. The Balaban J connectivity index is 1.32. The van der Waals surface area contributed by atoms with Gasteiger partial charge in [-0.05, 0) is 71.3 Å². The maximum atomic E-state index is 14.2. The number of fused-ring (bicyclic) bond motifs is 7. The highest BCUT2D eigenvalue weighted by Crippen LogP contribution is 2.46. The van der Waals surface area contributed by atoms with Gasteiger partial charge in [0.15, 0.2) is 34.5 Å². The number of benzene rings is 5. The number of carbonyl (C=O) groups excluding carboxylic acids is 3. The first-order chi connectivity index (χ1) is 30.5. The van der Waals surface area contributed by atoms with Crippen LogP contribution < -0.4 is 51.2 Å². The molecule has 8 rings (SSSR count). The molecule has 15 nitrogen and oxygen atoms in total. The summed E-state index contributed by atoms with van der Waals surface area (Å²) >= 11 is 0. The van der Waals surface area contributed by atoms with E-state index in [4.69, 9.17) is 50.0 Å². The summed E-state index contributed by atoms with van der Waals surface area (Å²) in [6.45, 7) is -0.400. The van der Waals surface area contributed by atoms with E-state index in [0.717, 1.165) is 11.1 Å². The highest BCUT2D eigenvalue weighted by molar-refractivity contribution is 6.22. The van der Waals surface area contributed by atoms with Crippen molar-refractivity contribution in [2.24, 2.45) is 17.2 Å². The Labute approximate surface area is 359 Å². The zero-order chi connectivity index (χ0) is 44.4. The molecule has 0 saturated carbocycles. The smallest absolute Gasteiger partial charge is 0.361 e. The van der Waals surface area contributed by atoms with Crippen LogP contribution in [0.25, 0.3) is 49.3 Å². The van der Waals surface area contributed by atoms with Gasteiger partial charge in [0.1, 0.15) is 23.2 Å². The Morgan fingerprint density at radius 1 is 0.619 bits per heavy atom. The third-order valence-electron chi connectivity index (χ3n) is 10.6. The molecule has 6 N–H and O–H groups in total. The average molecular weight is 851 g/mol. The number of aromatic nitrogens is 1. The molecule has 0 aliphatic carbocycles. The van der Waals surface area contributed by atoms with E-state index in [2.05, 4.69) is 0 Å². The summed E-state index contributed by atoms with van der Waals surface area (Å²) < 4.78 is 41.9. The van der Waals surface area contributed by atoms with Crippen molar-refractivity contribution in [2.75, 3.05) is 27.9 Å². The molecule has 3 heterocycles. The van der Waals surface area contributed by atoms with E-state index in [1.807, 2.05) is 60.7 Å². The Morgan fingerprint density at radius 2 is 1.17 bits per heavy atom. The Bertz CT molecular complexity index is 3110. The van der Waals surface area contributed by atoms with Gasteiger partial charge in [-0.15, -0.1) is 0 Å². The van der Waals surface area contributed by atoms with Crippen LogP contribution in [-0.4, -0.2) is 62.3 Å². The van der Waals surface area contributed by atoms with Crippen molar-refractivity contribution in [3.05, 3.63) is 137 Å². The topological polar surface area (TPSA) is 219 Å². The third kappa shape index (κ3) is 8.23. The van der Waals surface area contributed by atoms with Gasteiger partial charge in [0.25, 0.3) is 0 Å². The number of carbonyl (C=O) groups is 3. The molecule has 15 heteroatoms. The molecule has 0 saturated heterocycles. The molecule has 0 spiro atoms. The van der Waals surface area contributed by atoms with Crippen LogP contribution >= 0.6 is 0 Å². The van der Waals surface area contributed by atoms with Crippen LogP contribution in [-0.2, 0) is 27.2 Å². The third-order valence-corrected chi connectivity index (χ3v) is 10.6. The Morgan fingerprint density at radius 3 is 1.76 bits per heavy atom. The normalized spacial score (nSPS) is 12.3. The minimum absolute atomic E-state index is 0.00711. The fourth-order valence-corrected chi connectivity index (χ4v) is 7.61. The second-order valence-electron chi connectivity index (χ2n) is 14.6. The fraction of sp³-hybridized carbons (Fsp3) is 0.167. The standard InChI is InChI=1S/C48H42N4O11/c1-57-36-21-29(14-15-34(36)61-46(54)32(50)18-26-10-6-4-7-11-26)42-43-31-23-38(59-3)40(60-41(53)25-49)24-35(31)62-48(56)45(43)52-17-16-28-20-39(37(58-2)22-30(28)44(42)52)63-47(55)33(51)19-27-12-8-5-9-13-27/h4-17,20-24,32-33H,18-19,25,49-51H2,1-3H3. The maximum absolute atomic E-state index is 14.2. The lowest BCUT2D eigenvalue weighted by atomic mass is 9.97. The number of hydrogen-bond donors (Lipinski definition) is 3. The van der Waals surface area contributed by atoms with Crippen LogP contribution in [0.1, 0.15) is 11.1 Å². The summed E-state index contributed by atoms with van der Waals surface area (Å²) in [7, 11) is 4.28. The van der Waals surface area contributed by atoms with Crippen molar-refractivity contribution in [3.63, 3.8) is 0 Å². The van der Waals surface area contributed by atoms with E-state index < -0.39 is 42.2 Å². The monoisotopic (exact) mass is 850 g/mol. The molecule has 320 valence electrons. The second kappa shape index (κ2) is 17.7. The zero-order valence-electron chi connectivity index (χ0n) is 34.4. The van der Waals surface area contributed by atoms with Gasteiger partial charge in [0.2, 0.25) is 0 Å². The maximum Gasteiger partial charge on any atom is 0.361 e. The van der Waals surface area contributed by atoms with E-state index in [1.165, 1.54) is 27.4 Å². The summed E-state index contributed by atoms with van der Waals surface area (Å²) in [5.41, 5.74) is 20.9. The molecular formula is C48H42N4O11. The van der Waals surface area contributed by atoms with Crippen molar-refractivity contribution in [3.8, 4) is 45.6 Å². The molecule has 0 radical (unpaired) electrons. The lowest BCUT2D eigenvalue weighted by Crippen LogP contribution is -2.36. The molecule has 0 aliphatic heterocycles. The van der Waals surface area contributed by atoms with Crippen molar-refractivity contribution < 1.29 is 47.2 Å². The van der Waals surface area contributed by atoms with Gasteiger partial charge in [0, 0.05) is 34.0 Å². The van der Waals surface area contributed by atoms with Crippen molar-refractivity contribution in [2.45, 2.75) is 24.9 Å². The van der Waals surface area contributed by atoms with Gasteiger partial charge in [-0.2, -0.15) is 0 Å². The summed E-state index contributed by atoms with van der Waals surface area (Å²) in [6.07, 6.45) is 2.21. The van der Waals surface area contributed by atoms with Crippen LogP contribution in [0.5, 0.6) is 34.5 Å². The number of pyridine rings is 1. The summed E-state index contributed by atoms with van der Waals surface area (Å²) in [4.78, 5) is 53.1. The van der Waals surface area contributed by atoms with E-state index in [1.54, 1.807) is 53.1 Å². The number of nitrogens with zero attached hydrogens (tertiary/aromatic N) is 1. The molecule has 63 heavy (non-hydrogen) atoms. The molecule has 0 aliphatic rings. The molecule has 8 aromatic rings. The van der Waals surface area contributed by atoms with Crippen LogP contribution in [0.4, 0.5) is 0 Å². The molecule has 0 bridgehead atoms. The Kier molecular flexibility index (Phi) is 11.8. The van der Waals surface area contributed by atoms with Gasteiger partial charge in [-0.3, -0.25) is 4.79 Å². The second-order valence-corrected chi connectivity index (χ2v) is 14.6. The lowest BCUT2D eigenvalue weighted by molar-refractivity contribution is -0.136. The van der Waals surface area contributed by atoms with E-state index in [-0.39, 0.29) is 58.4 Å². The van der Waals surface area contributed by atoms with Crippen LogP contribution in [0, 0.1) is 0 Å². The highest BCUT2D eigenvalue weighted by atomic mass is 16.6. The number of ether oxygens (including phenoxy) is 6. The van der Waals surface area contributed by atoms with Gasteiger partial charge >= 0.3 is 23.5 Å². The minimum Gasteiger partial charge on any atom is -0.493 e. The van der Waals surface area contributed by atoms with Crippen molar-refractivity contribution >= 4 is 56.1 Å². The average Bonchev–Trinajstić information content (AvgIpc) is 3.65. The molecule has 0 amide bonds. The van der Waals surface area contributed by atoms with E-state index >= 15 is 0 Å². The molecular weight excluding hydrogens is 809 g/mol. The predicted octanol–water partition coefficient (Wildman–Crippen LogP) is 5.86. The van der Waals surface area contributed by atoms with Gasteiger partial charge in [-0.25, -0.2) is 14.4 Å². The minimum atomic E-state index is -0.962. The van der Waals surface area contributed by atoms with Crippen LogP contribution in [0.3, 0.4) is 0 Å². The van der Waals surface area contributed by atoms with Gasteiger partial charge in [0.05, 0.1) is 33.4 Å². The summed E-state index contributed by atoms with van der Waals surface area (Å²) in [6, 6.07) is 29.9. The number of hydrogen-bond acceptors (Lipinski definition) is 14.